The molecule has 0 radical (unpaired) electrons. The highest BCUT2D eigenvalue weighted by Crippen LogP contribution is 2.37. The van der Waals surface area contributed by atoms with Gasteiger partial charge in [-0.2, -0.15) is 0 Å². The molecule has 0 bridgehead atoms. The van der Waals surface area contributed by atoms with Crippen molar-refractivity contribution in [3.8, 4) is 5.75 Å². The summed E-state index contributed by atoms with van der Waals surface area (Å²) in [6, 6.07) is 12.0. The molecular weight excluding hydrogens is 538 g/mol. The zero-order chi connectivity index (χ0) is 26.7. The third kappa shape index (κ3) is 5.74. The van der Waals surface area contributed by atoms with Crippen molar-refractivity contribution >= 4 is 55.5 Å². The van der Waals surface area contributed by atoms with Crippen LogP contribution in [0.4, 0.5) is 10.7 Å². The second-order valence-corrected chi connectivity index (χ2v) is 11.8. The zero-order valence-electron chi connectivity index (χ0n) is 20.5. The Morgan fingerprint density at radius 3 is 2.41 bits per heavy atom. The van der Waals surface area contributed by atoms with Crippen LogP contribution in [-0.2, 0) is 32.5 Å². The molecule has 4 rings (SSSR count). The average Bonchev–Trinajstić information content (AvgIpc) is 3.23. The number of anilines is 2. The number of sulfonamides is 1. The van der Waals surface area contributed by atoms with E-state index >= 15 is 0 Å². The number of halogens is 1. The number of nitrogens with one attached hydrogen (secondary N) is 1. The lowest BCUT2D eigenvalue weighted by atomic mass is 10.0. The number of benzene rings is 2. The molecular formula is C25H26ClN3O6S2. The molecule has 1 aromatic heterocycles. The Morgan fingerprint density at radius 1 is 1.11 bits per heavy atom. The molecule has 0 saturated carbocycles. The predicted octanol–water partition coefficient (Wildman–Crippen LogP) is 4.02. The van der Waals surface area contributed by atoms with Crippen molar-refractivity contribution in [1.82, 2.24) is 4.90 Å². The molecule has 1 amide bonds. The van der Waals surface area contributed by atoms with E-state index in [0.29, 0.717) is 34.3 Å². The Hall–Kier alpha value is -3.12. The number of esters is 1. The van der Waals surface area contributed by atoms with Crippen molar-refractivity contribution in [2.75, 3.05) is 44.0 Å². The number of ether oxygens (including phenoxy) is 2. The highest BCUT2D eigenvalue weighted by atomic mass is 35.5. The second-order valence-electron chi connectivity index (χ2n) is 8.40. The number of methoxy groups -OCH3 is 2. The maximum absolute atomic E-state index is 13.6. The largest absolute Gasteiger partial charge is 0.497 e. The van der Waals surface area contributed by atoms with E-state index in [1.165, 1.54) is 62.0 Å². The molecule has 1 aliphatic heterocycles. The van der Waals surface area contributed by atoms with Gasteiger partial charge in [0.1, 0.15) is 17.3 Å². The third-order valence-electron chi connectivity index (χ3n) is 5.94. The first-order valence-electron chi connectivity index (χ1n) is 11.3. The van der Waals surface area contributed by atoms with Gasteiger partial charge in [0.25, 0.3) is 10.0 Å². The van der Waals surface area contributed by atoms with Crippen molar-refractivity contribution in [3.63, 3.8) is 0 Å². The Kier molecular flexibility index (Phi) is 8.08. The van der Waals surface area contributed by atoms with Crippen LogP contribution in [0.3, 0.4) is 0 Å². The van der Waals surface area contributed by atoms with Crippen LogP contribution in [0.15, 0.2) is 53.4 Å². The fourth-order valence-electron chi connectivity index (χ4n) is 4.03. The number of rotatable bonds is 8. The molecule has 0 saturated heterocycles. The first kappa shape index (κ1) is 26.9. The van der Waals surface area contributed by atoms with Gasteiger partial charge in [-0.3, -0.25) is 9.10 Å². The van der Waals surface area contributed by atoms with Crippen LogP contribution in [0.2, 0.25) is 5.02 Å². The molecule has 12 heteroatoms. The number of hydrogen-bond donors (Lipinski definition) is 1. The van der Waals surface area contributed by atoms with Gasteiger partial charge in [-0.1, -0.05) is 11.6 Å². The zero-order valence-corrected chi connectivity index (χ0v) is 22.9. The summed E-state index contributed by atoms with van der Waals surface area (Å²) in [6.07, 6.45) is 0.644. The van der Waals surface area contributed by atoms with Crippen LogP contribution in [0.1, 0.15) is 20.8 Å². The molecule has 0 fully saturated rings. The number of amides is 1. The van der Waals surface area contributed by atoms with Gasteiger partial charge in [0.15, 0.2) is 0 Å². The SMILES string of the molecule is COC(=O)c1c(NC(=O)CN(c2ccc(Cl)cc2)S(=O)(=O)c2ccc(OC)cc2)sc2c1CCN(C)C2. The summed E-state index contributed by atoms with van der Waals surface area (Å²) in [7, 11) is 0.609. The Morgan fingerprint density at radius 2 is 1.78 bits per heavy atom. The van der Waals surface area contributed by atoms with Crippen molar-refractivity contribution in [2.45, 2.75) is 17.9 Å². The molecule has 0 spiro atoms. The second kappa shape index (κ2) is 11.1. The van der Waals surface area contributed by atoms with Crippen molar-refractivity contribution in [1.29, 1.82) is 0 Å². The van der Waals surface area contributed by atoms with Crippen LogP contribution in [0.25, 0.3) is 0 Å². The molecule has 3 aromatic rings. The average molecular weight is 564 g/mol. The minimum atomic E-state index is -4.14. The van der Waals surface area contributed by atoms with E-state index in [-0.39, 0.29) is 10.6 Å². The van der Waals surface area contributed by atoms with Crippen molar-refractivity contribution < 1.29 is 27.5 Å². The minimum Gasteiger partial charge on any atom is -0.497 e. The lowest BCUT2D eigenvalue weighted by Gasteiger charge is -2.24. The lowest BCUT2D eigenvalue weighted by Crippen LogP contribution is -2.38. The quantitative estimate of drug-likeness (QED) is 0.413. The van der Waals surface area contributed by atoms with Crippen molar-refractivity contribution in [3.05, 3.63) is 69.6 Å². The lowest BCUT2D eigenvalue weighted by molar-refractivity contribution is -0.114. The smallest absolute Gasteiger partial charge is 0.341 e. The number of fused-ring (bicyclic) bond motifs is 1. The van der Waals surface area contributed by atoms with Crippen LogP contribution >= 0.6 is 22.9 Å². The first-order chi connectivity index (χ1) is 17.6. The predicted molar refractivity (Wildman–Crippen MR) is 143 cm³/mol. The number of likely N-dealkylation sites (N-methyl/N-ethyl adjacent to an activating group) is 1. The molecule has 196 valence electrons. The molecule has 1 aliphatic rings. The van der Waals surface area contributed by atoms with Gasteiger partial charge in [-0.05, 0) is 67.6 Å². The van der Waals surface area contributed by atoms with Crippen molar-refractivity contribution in [2.24, 2.45) is 0 Å². The summed E-state index contributed by atoms with van der Waals surface area (Å²) in [5.41, 5.74) is 1.43. The fraction of sp³-hybridized carbons (Fsp3) is 0.280. The van der Waals surface area contributed by atoms with Gasteiger partial charge in [0, 0.05) is 23.0 Å². The number of nitrogens with zero attached hydrogens (tertiary/aromatic N) is 2. The summed E-state index contributed by atoms with van der Waals surface area (Å²) in [6.45, 7) is 0.882. The van der Waals surface area contributed by atoms with Crippen LogP contribution in [0.5, 0.6) is 5.75 Å². The van der Waals surface area contributed by atoms with E-state index < -0.39 is 28.4 Å². The van der Waals surface area contributed by atoms with Gasteiger partial charge >= 0.3 is 5.97 Å². The van der Waals surface area contributed by atoms with E-state index in [9.17, 15) is 18.0 Å². The fourth-order valence-corrected chi connectivity index (χ4v) is 6.91. The Bertz CT molecular complexity index is 1410. The molecule has 0 unspecified atom stereocenters. The summed E-state index contributed by atoms with van der Waals surface area (Å²) in [5, 5.41) is 3.52. The molecule has 0 aliphatic carbocycles. The van der Waals surface area contributed by atoms with E-state index in [4.69, 9.17) is 21.1 Å². The van der Waals surface area contributed by atoms with Crippen LogP contribution in [-0.4, -0.2) is 59.6 Å². The monoisotopic (exact) mass is 563 g/mol. The van der Waals surface area contributed by atoms with Gasteiger partial charge in [-0.15, -0.1) is 11.3 Å². The number of thiophene rings is 1. The normalized spacial score (nSPS) is 13.5. The number of carbonyl (C=O) groups excluding carboxylic acids is 2. The minimum absolute atomic E-state index is 0.0130. The molecule has 37 heavy (non-hydrogen) atoms. The van der Waals surface area contributed by atoms with E-state index in [0.717, 1.165) is 21.3 Å². The first-order valence-corrected chi connectivity index (χ1v) is 13.9. The maximum atomic E-state index is 13.6. The number of hydrogen-bond acceptors (Lipinski definition) is 8. The number of carbonyl (C=O) groups is 2. The maximum Gasteiger partial charge on any atom is 0.341 e. The highest BCUT2D eigenvalue weighted by Gasteiger charge is 2.31. The molecule has 9 nitrogen and oxygen atoms in total. The van der Waals surface area contributed by atoms with Gasteiger partial charge < -0.3 is 19.7 Å². The van der Waals surface area contributed by atoms with E-state index in [1.54, 1.807) is 12.1 Å². The standard InChI is InChI=1S/C25H26ClN3O6S2/c1-28-13-12-20-21(14-28)36-24(23(20)25(31)35-3)27-22(30)15-29(17-6-4-16(26)5-7-17)37(32,33)19-10-8-18(34-2)9-11-19/h4-11H,12-15H2,1-3H3,(H,27,30). The summed E-state index contributed by atoms with van der Waals surface area (Å²) >= 11 is 7.30. The van der Waals surface area contributed by atoms with E-state index in [2.05, 4.69) is 10.2 Å². The van der Waals surface area contributed by atoms with Gasteiger partial charge in [0.05, 0.1) is 30.4 Å². The molecule has 0 atom stereocenters. The van der Waals surface area contributed by atoms with E-state index in [1.807, 2.05) is 7.05 Å². The van der Waals surface area contributed by atoms with Crippen LogP contribution in [0, 0.1) is 0 Å². The molecule has 2 heterocycles. The summed E-state index contributed by atoms with van der Waals surface area (Å²) in [4.78, 5) is 28.9. The molecule has 2 aromatic carbocycles. The molecule has 1 N–H and O–H groups in total. The van der Waals surface area contributed by atoms with Gasteiger partial charge in [-0.25, -0.2) is 13.2 Å². The Balaban J connectivity index is 1.67. The highest BCUT2D eigenvalue weighted by molar-refractivity contribution is 7.92. The Labute approximate surface area is 224 Å². The third-order valence-corrected chi connectivity index (χ3v) is 9.11. The van der Waals surface area contributed by atoms with Gasteiger partial charge in [0.2, 0.25) is 5.91 Å². The summed E-state index contributed by atoms with van der Waals surface area (Å²) < 4.78 is 38.3. The topological polar surface area (TPSA) is 105 Å². The van der Waals surface area contributed by atoms with Crippen LogP contribution < -0.4 is 14.4 Å². The summed E-state index contributed by atoms with van der Waals surface area (Å²) in [5.74, 6) is -0.653.